The van der Waals surface area contributed by atoms with E-state index in [-0.39, 0.29) is 5.97 Å². The van der Waals surface area contributed by atoms with Crippen molar-refractivity contribution in [2.24, 2.45) is 0 Å². The highest BCUT2D eigenvalue weighted by molar-refractivity contribution is 7.08. The van der Waals surface area contributed by atoms with Crippen LogP contribution >= 0.6 is 11.3 Å². The molecule has 1 N–H and O–H groups in total. The molecule has 5 heteroatoms. The fourth-order valence-corrected chi connectivity index (χ4v) is 4.85. The third kappa shape index (κ3) is 3.94. The Labute approximate surface area is 186 Å². The molecule has 0 atom stereocenters. The van der Waals surface area contributed by atoms with Crippen molar-refractivity contribution in [3.8, 4) is 16.9 Å². The van der Waals surface area contributed by atoms with Crippen molar-refractivity contribution in [2.75, 3.05) is 31.1 Å². The molecule has 0 spiro atoms. The zero-order valence-corrected chi connectivity index (χ0v) is 18.2. The lowest BCUT2D eigenvalue weighted by molar-refractivity contribution is 0.0737. The van der Waals surface area contributed by atoms with Crippen molar-refractivity contribution in [3.05, 3.63) is 82.6 Å². The predicted molar refractivity (Wildman–Crippen MR) is 128 cm³/mol. The minimum Gasteiger partial charge on any atom is -0.421 e. The van der Waals surface area contributed by atoms with Gasteiger partial charge in [0.1, 0.15) is 0 Å². The molecule has 4 nitrogen and oxygen atoms in total. The largest absolute Gasteiger partial charge is 0.421 e. The SMILES string of the molecule is Cc1cc(N2CCNCC2)c(OC(=O)c2cccc3ccccc23)cc1-c1ccsc1. The third-order valence-electron chi connectivity index (χ3n) is 5.81. The Morgan fingerprint density at radius 3 is 2.65 bits per heavy atom. The van der Waals surface area contributed by atoms with Crippen LogP contribution in [0.4, 0.5) is 5.69 Å². The number of nitrogens with zero attached hydrogens (tertiary/aromatic N) is 1. The maximum Gasteiger partial charge on any atom is 0.344 e. The van der Waals surface area contributed by atoms with Gasteiger partial charge in [-0.15, -0.1) is 0 Å². The van der Waals surface area contributed by atoms with Crippen LogP contribution in [0.25, 0.3) is 21.9 Å². The summed E-state index contributed by atoms with van der Waals surface area (Å²) in [5, 5.41) is 9.53. The number of hydrogen-bond acceptors (Lipinski definition) is 5. The lowest BCUT2D eigenvalue weighted by Crippen LogP contribution is -2.43. The van der Waals surface area contributed by atoms with Gasteiger partial charge >= 0.3 is 5.97 Å². The zero-order chi connectivity index (χ0) is 21.2. The minimum absolute atomic E-state index is 0.326. The summed E-state index contributed by atoms with van der Waals surface area (Å²) in [5.41, 5.74) is 4.99. The second-order valence-corrected chi connectivity index (χ2v) is 8.58. The van der Waals surface area contributed by atoms with Crippen molar-refractivity contribution in [2.45, 2.75) is 6.92 Å². The molecule has 0 amide bonds. The first-order valence-electron chi connectivity index (χ1n) is 10.5. The van der Waals surface area contributed by atoms with E-state index < -0.39 is 0 Å². The van der Waals surface area contributed by atoms with Crippen LogP contribution in [0.3, 0.4) is 0 Å². The van der Waals surface area contributed by atoms with Crippen LogP contribution in [0.15, 0.2) is 71.4 Å². The summed E-state index contributed by atoms with van der Waals surface area (Å²) in [6, 6.07) is 20.0. The number of aryl methyl sites for hydroxylation is 1. The number of esters is 1. The summed E-state index contributed by atoms with van der Waals surface area (Å²) in [5.74, 6) is 0.292. The molecule has 1 saturated heterocycles. The van der Waals surface area contributed by atoms with E-state index in [4.69, 9.17) is 4.74 Å². The number of ether oxygens (including phenoxy) is 1. The smallest absolute Gasteiger partial charge is 0.344 e. The second kappa shape index (κ2) is 8.53. The van der Waals surface area contributed by atoms with Crippen molar-refractivity contribution in [1.29, 1.82) is 0 Å². The number of carbonyl (C=O) groups is 1. The Morgan fingerprint density at radius 1 is 1.03 bits per heavy atom. The molecule has 0 saturated carbocycles. The third-order valence-corrected chi connectivity index (χ3v) is 6.49. The standard InChI is InChI=1S/C26H24N2O2S/c1-18-15-24(28-12-10-27-11-13-28)25(16-23(18)20-9-14-31-17-20)30-26(29)22-8-4-6-19-5-2-3-7-21(19)22/h2-9,14-17,27H,10-13H2,1H3. The van der Waals surface area contributed by atoms with Crippen LogP contribution in [0.5, 0.6) is 5.75 Å². The van der Waals surface area contributed by atoms with Gasteiger partial charge in [0.25, 0.3) is 0 Å². The van der Waals surface area contributed by atoms with Gasteiger partial charge in [-0.2, -0.15) is 11.3 Å². The molecular weight excluding hydrogens is 404 g/mol. The topological polar surface area (TPSA) is 41.6 Å². The van der Waals surface area contributed by atoms with Crippen molar-refractivity contribution >= 4 is 33.8 Å². The Kier molecular flexibility index (Phi) is 5.45. The number of fused-ring (bicyclic) bond motifs is 1. The number of carbonyl (C=O) groups excluding carboxylic acids is 1. The van der Waals surface area contributed by atoms with E-state index >= 15 is 0 Å². The number of hydrogen-bond donors (Lipinski definition) is 1. The second-order valence-electron chi connectivity index (χ2n) is 7.80. The molecule has 1 aromatic heterocycles. The average molecular weight is 429 g/mol. The monoisotopic (exact) mass is 428 g/mol. The van der Waals surface area contributed by atoms with Gasteiger partial charge in [-0.1, -0.05) is 36.4 Å². The van der Waals surface area contributed by atoms with Gasteiger partial charge in [0.2, 0.25) is 0 Å². The highest BCUT2D eigenvalue weighted by Gasteiger charge is 2.21. The summed E-state index contributed by atoms with van der Waals surface area (Å²) in [4.78, 5) is 15.6. The Morgan fingerprint density at radius 2 is 1.84 bits per heavy atom. The lowest BCUT2D eigenvalue weighted by atomic mass is 10.0. The number of anilines is 1. The molecule has 31 heavy (non-hydrogen) atoms. The average Bonchev–Trinajstić information content (AvgIpc) is 3.35. The van der Waals surface area contributed by atoms with E-state index in [9.17, 15) is 4.79 Å². The molecule has 5 rings (SSSR count). The fraction of sp³-hybridized carbons (Fsp3) is 0.192. The van der Waals surface area contributed by atoms with E-state index in [0.29, 0.717) is 11.3 Å². The summed E-state index contributed by atoms with van der Waals surface area (Å²) in [6.07, 6.45) is 0. The number of rotatable bonds is 4. The lowest BCUT2D eigenvalue weighted by Gasteiger charge is -2.31. The van der Waals surface area contributed by atoms with Crippen molar-refractivity contribution in [3.63, 3.8) is 0 Å². The molecule has 0 bridgehead atoms. The van der Waals surface area contributed by atoms with Crippen LogP contribution in [-0.2, 0) is 0 Å². The van der Waals surface area contributed by atoms with Crippen molar-refractivity contribution < 1.29 is 9.53 Å². The van der Waals surface area contributed by atoms with Crippen LogP contribution in [0.2, 0.25) is 0 Å². The molecule has 1 fully saturated rings. The zero-order valence-electron chi connectivity index (χ0n) is 17.4. The fourth-order valence-electron chi connectivity index (χ4n) is 4.19. The van der Waals surface area contributed by atoms with Gasteiger partial charge in [0.15, 0.2) is 5.75 Å². The molecule has 3 aromatic carbocycles. The van der Waals surface area contributed by atoms with E-state index in [2.05, 4.69) is 40.0 Å². The molecule has 0 unspecified atom stereocenters. The molecule has 1 aliphatic heterocycles. The number of nitrogens with one attached hydrogen (secondary N) is 1. The van der Waals surface area contributed by atoms with E-state index in [1.54, 1.807) is 11.3 Å². The molecule has 2 heterocycles. The predicted octanol–water partition coefficient (Wildman–Crippen LogP) is 5.51. The van der Waals surface area contributed by atoms with Crippen LogP contribution in [0.1, 0.15) is 15.9 Å². The maximum atomic E-state index is 13.3. The van der Waals surface area contributed by atoms with Crippen molar-refractivity contribution in [1.82, 2.24) is 5.32 Å². The molecule has 0 aliphatic carbocycles. The Balaban J connectivity index is 1.57. The summed E-state index contributed by atoms with van der Waals surface area (Å²) in [7, 11) is 0. The maximum absolute atomic E-state index is 13.3. The summed E-state index contributed by atoms with van der Waals surface area (Å²) in [6.45, 7) is 5.73. The highest BCUT2D eigenvalue weighted by atomic mass is 32.1. The van der Waals surface area contributed by atoms with Gasteiger partial charge in [0, 0.05) is 26.2 Å². The number of benzene rings is 3. The first-order chi connectivity index (χ1) is 15.2. The van der Waals surface area contributed by atoms with Crippen LogP contribution in [-0.4, -0.2) is 32.1 Å². The first kappa shape index (κ1) is 19.8. The molecule has 4 aromatic rings. The van der Waals surface area contributed by atoms with E-state index in [1.165, 1.54) is 5.56 Å². The van der Waals surface area contributed by atoms with Gasteiger partial charge in [-0.05, 0) is 69.4 Å². The van der Waals surface area contributed by atoms with Gasteiger partial charge < -0.3 is 15.0 Å². The normalized spacial score (nSPS) is 14.0. The van der Waals surface area contributed by atoms with Gasteiger partial charge in [-0.25, -0.2) is 4.79 Å². The number of piperazine rings is 1. The molecule has 0 radical (unpaired) electrons. The minimum atomic E-state index is -0.326. The molecular formula is C26H24N2O2S. The van der Waals surface area contributed by atoms with Gasteiger partial charge in [-0.3, -0.25) is 0 Å². The van der Waals surface area contributed by atoms with E-state index in [1.807, 2.05) is 48.5 Å². The van der Waals surface area contributed by atoms with Gasteiger partial charge in [0.05, 0.1) is 11.3 Å². The number of thiophene rings is 1. The highest BCUT2D eigenvalue weighted by Crippen LogP contribution is 2.38. The van der Waals surface area contributed by atoms with E-state index in [0.717, 1.165) is 53.8 Å². The Hall–Kier alpha value is -3.15. The molecule has 1 aliphatic rings. The van der Waals surface area contributed by atoms with Crippen LogP contribution < -0.4 is 15.0 Å². The van der Waals surface area contributed by atoms with Crippen LogP contribution in [0, 0.1) is 6.92 Å². The summed E-state index contributed by atoms with van der Waals surface area (Å²) >= 11 is 1.67. The molecule has 156 valence electrons. The Bertz CT molecular complexity index is 1220. The quantitative estimate of drug-likeness (QED) is 0.344. The summed E-state index contributed by atoms with van der Waals surface area (Å²) < 4.78 is 6.09. The first-order valence-corrected chi connectivity index (χ1v) is 11.5.